The lowest BCUT2D eigenvalue weighted by Gasteiger charge is -2.46. The van der Waals surface area contributed by atoms with E-state index in [4.69, 9.17) is 14.2 Å². The SMILES string of the molecule is CCOC(=O)CCNC(=O)N1CCC2(CC1)CC(CCOCc1ccccc1)CCO2. The van der Waals surface area contributed by atoms with Gasteiger partial charge < -0.3 is 24.4 Å². The first-order valence-corrected chi connectivity index (χ1v) is 11.5. The first-order valence-electron chi connectivity index (χ1n) is 11.5. The van der Waals surface area contributed by atoms with Gasteiger partial charge in [0.1, 0.15) is 0 Å². The number of esters is 1. The summed E-state index contributed by atoms with van der Waals surface area (Å²) in [6.07, 6.45) is 5.10. The molecule has 1 aromatic carbocycles. The van der Waals surface area contributed by atoms with Gasteiger partial charge in [0, 0.05) is 32.8 Å². The number of likely N-dealkylation sites (tertiary alicyclic amines) is 1. The lowest BCUT2D eigenvalue weighted by molar-refractivity contribution is -0.142. The van der Waals surface area contributed by atoms with Crippen molar-refractivity contribution < 1.29 is 23.8 Å². The van der Waals surface area contributed by atoms with Crippen LogP contribution in [0.3, 0.4) is 0 Å². The fraction of sp³-hybridized carbons (Fsp3) is 0.667. The molecule has 2 saturated heterocycles. The Labute approximate surface area is 185 Å². The Morgan fingerprint density at radius 3 is 2.74 bits per heavy atom. The van der Waals surface area contributed by atoms with Crippen LogP contribution in [-0.2, 0) is 25.6 Å². The average molecular weight is 433 g/mol. The molecule has 2 heterocycles. The Morgan fingerprint density at radius 1 is 1.23 bits per heavy atom. The Bertz CT molecular complexity index is 688. The largest absolute Gasteiger partial charge is 0.466 e. The van der Waals surface area contributed by atoms with E-state index in [0.29, 0.717) is 38.8 Å². The van der Waals surface area contributed by atoms with Crippen LogP contribution in [0.4, 0.5) is 4.79 Å². The predicted molar refractivity (Wildman–Crippen MR) is 118 cm³/mol. The quantitative estimate of drug-likeness (QED) is 0.477. The van der Waals surface area contributed by atoms with Crippen molar-refractivity contribution in [2.75, 3.05) is 39.5 Å². The highest BCUT2D eigenvalue weighted by atomic mass is 16.5. The van der Waals surface area contributed by atoms with Crippen molar-refractivity contribution >= 4 is 12.0 Å². The summed E-state index contributed by atoms with van der Waals surface area (Å²) in [5.74, 6) is 0.323. The maximum absolute atomic E-state index is 12.4. The molecule has 2 aliphatic heterocycles. The van der Waals surface area contributed by atoms with E-state index in [0.717, 1.165) is 45.3 Å². The van der Waals surface area contributed by atoms with E-state index in [1.165, 1.54) is 5.56 Å². The lowest BCUT2D eigenvalue weighted by Crippen LogP contribution is -2.53. The van der Waals surface area contributed by atoms with Crippen molar-refractivity contribution in [3.05, 3.63) is 35.9 Å². The fourth-order valence-corrected chi connectivity index (χ4v) is 4.47. The second-order valence-corrected chi connectivity index (χ2v) is 8.49. The van der Waals surface area contributed by atoms with Gasteiger partial charge in [-0.1, -0.05) is 30.3 Å². The minimum Gasteiger partial charge on any atom is -0.466 e. The molecule has 2 fully saturated rings. The van der Waals surface area contributed by atoms with Crippen LogP contribution in [0.15, 0.2) is 30.3 Å². The van der Waals surface area contributed by atoms with Crippen LogP contribution in [0.5, 0.6) is 0 Å². The number of benzene rings is 1. The first-order chi connectivity index (χ1) is 15.1. The monoisotopic (exact) mass is 432 g/mol. The van der Waals surface area contributed by atoms with E-state index in [-0.39, 0.29) is 24.0 Å². The van der Waals surface area contributed by atoms with Gasteiger partial charge in [-0.15, -0.1) is 0 Å². The molecule has 2 amide bonds. The number of hydrogen-bond donors (Lipinski definition) is 1. The summed E-state index contributed by atoms with van der Waals surface area (Å²) in [4.78, 5) is 25.6. The molecule has 3 rings (SSSR count). The zero-order valence-electron chi connectivity index (χ0n) is 18.6. The molecule has 7 nitrogen and oxygen atoms in total. The highest BCUT2D eigenvalue weighted by Gasteiger charge is 2.40. The molecule has 1 spiro atoms. The molecule has 7 heteroatoms. The van der Waals surface area contributed by atoms with Gasteiger partial charge in [0.2, 0.25) is 0 Å². The number of nitrogens with one attached hydrogen (secondary N) is 1. The van der Waals surface area contributed by atoms with Gasteiger partial charge in [0.05, 0.1) is 25.2 Å². The summed E-state index contributed by atoms with van der Waals surface area (Å²) < 4.78 is 17.0. The second-order valence-electron chi connectivity index (χ2n) is 8.49. The van der Waals surface area contributed by atoms with Gasteiger partial charge in [-0.25, -0.2) is 4.79 Å². The summed E-state index contributed by atoms with van der Waals surface area (Å²) in [6.45, 7) is 6.03. The van der Waals surface area contributed by atoms with Gasteiger partial charge >= 0.3 is 12.0 Å². The number of piperidine rings is 1. The smallest absolute Gasteiger partial charge is 0.317 e. The number of ether oxygens (including phenoxy) is 3. The summed E-state index contributed by atoms with van der Waals surface area (Å²) in [5, 5.41) is 2.82. The Hall–Kier alpha value is -2.12. The molecule has 0 bridgehead atoms. The van der Waals surface area contributed by atoms with Gasteiger partial charge in [-0.05, 0) is 50.5 Å². The normalized spacial score (nSPS) is 20.4. The van der Waals surface area contributed by atoms with Crippen LogP contribution < -0.4 is 5.32 Å². The standard InChI is InChI=1S/C24H36N2O5/c1-2-30-22(27)8-13-25-23(28)26-14-11-24(12-15-26)18-20(10-17-31-24)9-16-29-19-21-6-4-3-5-7-21/h3-7,20H,2,8-19H2,1H3,(H,25,28). The van der Waals surface area contributed by atoms with Crippen LogP contribution in [0.1, 0.15) is 51.0 Å². The van der Waals surface area contributed by atoms with E-state index >= 15 is 0 Å². The highest BCUT2D eigenvalue weighted by molar-refractivity contribution is 5.75. The predicted octanol–water partition coefficient (Wildman–Crippen LogP) is 3.52. The Balaban J connectivity index is 1.34. The third-order valence-electron chi connectivity index (χ3n) is 6.25. The van der Waals surface area contributed by atoms with Crippen molar-refractivity contribution in [1.29, 1.82) is 0 Å². The molecule has 31 heavy (non-hydrogen) atoms. The van der Waals surface area contributed by atoms with Gasteiger partial charge in [-0.3, -0.25) is 4.79 Å². The topological polar surface area (TPSA) is 77.1 Å². The van der Waals surface area contributed by atoms with E-state index in [1.54, 1.807) is 6.92 Å². The molecule has 172 valence electrons. The number of rotatable bonds is 9. The van der Waals surface area contributed by atoms with Gasteiger partial charge in [0.15, 0.2) is 0 Å². The number of hydrogen-bond acceptors (Lipinski definition) is 5. The molecule has 0 saturated carbocycles. The zero-order valence-corrected chi connectivity index (χ0v) is 18.6. The summed E-state index contributed by atoms with van der Waals surface area (Å²) in [7, 11) is 0. The molecular formula is C24H36N2O5. The maximum atomic E-state index is 12.4. The fourth-order valence-electron chi connectivity index (χ4n) is 4.47. The van der Waals surface area contributed by atoms with Crippen molar-refractivity contribution in [1.82, 2.24) is 10.2 Å². The summed E-state index contributed by atoms with van der Waals surface area (Å²) in [6, 6.07) is 10.2. The van der Waals surface area contributed by atoms with E-state index < -0.39 is 0 Å². The number of urea groups is 1. The van der Waals surface area contributed by atoms with Crippen molar-refractivity contribution in [3.8, 4) is 0 Å². The van der Waals surface area contributed by atoms with Crippen LogP contribution in [-0.4, -0.2) is 62.0 Å². The molecule has 1 unspecified atom stereocenters. The minimum atomic E-state index is -0.283. The van der Waals surface area contributed by atoms with E-state index in [2.05, 4.69) is 17.4 Å². The van der Waals surface area contributed by atoms with Gasteiger partial charge in [-0.2, -0.15) is 0 Å². The molecule has 1 atom stereocenters. The number of nitrogens with zero attached hydrogens (tertiary/aromatic N) is 1. The molecule has 0 aliphatic carbocycles. The molecule has 0 radical (unpaired) electrons. The van der Waals surface area contributed by atoms with E-state index in [1.807, 2.05) is 23.1 Å². The van der Waals surface area contributed by atoms with Crippen molar-refractivity contribution in [2.45, 2.75) is 57.7 Å². The molecule has 2 aliphatic rings. The van der Waals surface area contributed by atoms with Crippen LogP contribution in [0.2, 0.25) is 0 Å². The first kappa shape index (κ1) is 23.5. The van der Waals surface area contributed by atoms with Crippen molar-refractivity contribution in [2.24, 2.45) is 5.92 Å². The van der Waals surface area contributed by atoms with Gasteiger partial charge in [0.25, 0.3) is 0 Å². The third-order valence-corrected chi connectivity index (χ3v) is 6.25. The minimum absolute atomic E-state index is 0.107. The molecule has 1 aromatic rings. The average Bonchev–Trinajstić information content (AvgIpc) is 2.78. The van der Waals surface area contributed by atoms with Crippen LogP contribution in [0, 0.1) is 5.92 Å². The second kappa shape index (κ2) is 12.1. The van der Waals surface area contributed by atoms with E-state index in [9.17, 15) is 9.59 Å². The molecule has 0 aromatic heterocycles. The molecular weight excluding hydrogens is 396 g/mol. The summed E-state index contributed by atoms with van der Waals surface area (Å²) in [5.41, 5.74) is 1.10. The summed E-state index contributed by atoms with van der Waals surface area (Å²) >= 11 is 0. The highest BCUT2D eigenvalue weighted by Crippen LogP contribution is 2.38. The van der Waals surface area contributed by atoms with Crippen LogP contribution >= 0.6 is 0 Å². The van der Waals surface area contributed by atoms with Crippen LogP contribution in [0.25, 0.3) is 0 Å². The maximum Gasteiger partial charge on any atom is 0.317 e. The number of carbonyl (C=O) groups excluding carboxylic acids is 2. The number of amides is 2. The van der Waals surface area contributed by atoms with Crippen molar-refractivity contribution in [3.63, 3.8) is 0 Å². The Morgan fingerprint density at radius 2 is 2.00 bits per heavy atom. The Kier molecular flexibility index (Phi) is 9.15. The lowest BCUT2D eigenvalue weighted by atomic mass is 9.78. The third kappa shape index (κ3) is 7.51. The number of carbonyl (C=O) groups is 2. The molecule has 1 N–H and O–H groups in total. The zero-order chi connectivity index (χ0) is 21.9.